The molecule has 2 atom stereocenters. The van der Waals surface area contributed by atoms with Crippen molar-refractivity contribution in [1.29, 1.82) is 0 Å². The molecule has 0 saturated carbocycles. The van der Waals surface area contributed by atoms with Crippen LogP contribution in [0.2, 0.25) is 0 Å². The fourth-order valence-electron chi connectivity index (χ4n) is 2.43. The van der Waals surface area contributed by atoms with E-state index in [0.717, 1.165) is 10.8 Å². The lowest BCUT2D eigenvalue weighted by Crippen LogP contribution is -2.30. The van der Waals surface area contributed by atoms with Gasteiger partial charge in [-0.1, -0.05) is 24.3 Å². The van der Waals surface area contributed by atoms with Gasteiger partial charge in [-0.15, -0.1) is 0 Å². The van der Waals surface area contributed by atoms with Crippen molar-refractivity contribution in [1.82, 2.24) is 9.88 Å². The van der Waals surface area contributed by atoms with Crippen molar-refractivity contribution in [3.05, 3.63) is 36.0 Å². The first-order chi connectivity index (χ1) is 9.56. The third kappa shape index (κ3) is 2.09. The fourth-order valence-corrected chi connectivity index (χ4v) is 2.43. The summed E-state index contributed by atoms with van der Waals surface area (Å²) in [6.07, 6.45) is -1.81. The smallest absolute Gasteiger partial charge is 0.272 e. The number of benzene rings is 1. The van der Waals surface area contributed by atoms with Crippen molar-refractivity contribution >= 4 is 22.5 Å². The van der Waals surface area contributed by atoms with Crippen molar-refractivity contribution in [3.8, 4) is 0 Å². The van der Waals surface area contributed by atoms with E-state index in [-0.39, 0.29) is 24.7 Å². The topological polar surface area (TPSA) is 99.7 Å². The molecule has 6 nitrogen and oxygen atoms in total. The van der Waals surface area contributed by atoms with E-state index in [1.54, 1.807) is 6.07 Å². The molecule has 2 unspecified atom stereocenters. The first kappa shape index (κ1) is 12.8. The van der Waals surface area contributed by atoms with E-state index in [9.17, 15) is 15.0 Å². The van der Waals surface area contributed by atoms with Gasteiger partial charge < -0.3 is 20.8 Å². The number of pyridine rings is 1. The van der Waals surface area contributed by atoms with Gasteiger partial charge in [-0.05, 0) is 11.5 Å². The predicted octanol–water partition coefficient (Wildman–Crippen LogP) is -0.00540. The van der Waals surface area contributed by atoms with Crippen molar-refractivity contribution in [2.45, 2.75) is 12.2 Å². The highest BCUT2D eigenvalue weighted by Crippen LogP contribution is 2.22. The molecule has 0 aliphatic carbocycles. The maximum Gasteiger partial charge on any atom is 0.272 e. The summed E-state index contributed by atoms with van der Waals surface area (Å²) in [5.41, 5.74) is 6.09. The Morgan fingerprint density at radius 1 is 1.25 bits per heavy atom. The SMILES string of the molecule is Nc1nc(C(=O)N2CC(O)C(O)C2)cc2ccccc12. The number of aliphatic hydroxyl groups excluding tert-OH is 2. The minimum atomic E-state index is -0.906. The Kier molecular flexibility index (Phi) is 3.04. The largest absolute Gasteiger partial charge is 0.388 e. The Hall–Kier alpha value is -2.18. The number of aliphatic hydroxyl groups is 2. The lowest BCUT2D eigenvalue weighted by atomic mass is 10.1. The van der Waals surface area contributed by atoms with Gasteiger partial charge in [0.2, 0.25) is 0 Å². The van der Waals surface area contributed by atoms with Crippen molar-refractivity contribution < 1.29 is 15.0 Å². The molecule has 1 saturated heterocycles. The second kappa shape index (κ2) is 4.73. The highest BCUT2D eigenvalue weighted by atomic mass is 16.3. The predicted molar refractivity (Wildman–Crippen MR) is 74.1 cm³/mol. The molecule has 1 aromatic carbocycles. The van der Waals surface area contributed by atoms with Crippen LogP contribution < -0.4 is 5.73 Å². The number of anilines is 1. The Labute approximate surface area is 115 Å². The number of aromatic nitrogens is 1. The van der Waals surface area contributed by atoms with Gasteiger partial charge in [-0.2, -0.15) is 0 Å². The van der Waals surface area contributed by atoms with E-state index >= 15 is 0 Å². The van der Waals surface area contributed by atoms with Crippen LogP contribution >= 0.6 is 0 Å². The number of hydrogen-bond donors (Lipinski definition) is 3. The number of likely N-dealkylation sites (tertiary alicyclic amines) is 1. The van der Waals surface area contributed by atoms with Crippen LogP contribution in [0.15, 0.2) is 30.3 Å². The van der Waals surface area contributed by atoms with Crippen molar-refractivity contribution in [2.24, 2.45) is 0 Å². The number of rotatable bonds is 1. The van der Waals surface area contributed by atoms with E-state index in [4.69, 9.17) is 5.73 Å². The van der Waals surface area contributed by atoms with Crippen molar-refractivity contribution in [3.63, 3.8) is 0 Å². The molecule has 0 bridgehead atoms. The van der Waals surface area contributed by atoms with Crippen LogP contribution in [0.25, 0.3) is 10.8 Å². The van der Waals surface area contributed by atoms with E-state index in [1.807, 2.05) is 24.3 Å². The zero-order valence-electron chi connectivity index (χ0n) is 10.7. The number of carbonyl (C=O) groups is 1. The Bertz CT molecular complexity index is 664. The number of nitrogens with zero attached hydrogens (tertiary/aromatic N) is 2. The summed E-state index contributed by atoms with van der Waals surface area (Å²) in [5.74, 6) is -0.0372. The van der Waals surface area contributed by atoms with E-state index < -0.39 is 12.2 Å². The van der Waals surface area contributed by atoms with E-state index in [0.29, 0.717) is 5.82 Å². The number of β-amino-alcohol motifs (C(OH)–C–C–N with tert-alkyl or cyclic N) is 2. The van der Waals surface area contributed by atoms with Gasteiger partial charge in [-0.3, -0.25) is 4.79 Å². The molecule has 1 aliphatic heterocycles. The maximum absolute atomic E-state index is 12.3. The molecule has 2 aromatic rings. The minimum Gasteiger partial charge on any atom is -0.388 e. The Morgan fingerprint density at radius 3 is 2.60 bits per heavy atom. The molecule has 1 aromatic heterocycles. The second-order valence-electron chi connectivity index (χ2n) is 4.96. The highest BCUT2D eigenvalue weighted by molar-refractivity contribution is 6.00. The Morgan fingerprint density at radius 2 is 1.90 bits per heavy atom. The zero-order chi connectivity index (χ0) is 14.3. The number of fused-ring (bicyclic) bond motifs is 1. The molecule has 20 heavy (non-hydrogen) atoms. The minimum absolute atomic E-state index is 0.106. The molecule has 4 N–H and O–H groups in total. The standard InChI is InChI=1S/C14H15N3O3/c15-13-9-4-2-1-3-8(9)5-10(16-13)14(20)17-6-11(18)12(19)7-17/h1-5,11-12,18-19H,6-7H2,(H2,15,16). The molecule has 1 amide bonds. The summed E-state index contributed by atoms with van der Waals surface area (Å²) in [6, 6.07) is 9.09. The second-order valence-corrected chi connectivity index (χ2v) is 4.96. The van der Waals surface area contributed by atoms with Crippen LogP contribution in [0.3, 0.4) is 0 Å². The third-order valence-electron chi connectivity index (χ3n) is 3.54. The summed E-state index contributed by atoms with van der Waals surface area (Å²) in [5, 5.41) is 20.6. The molecule has 6 heteroatoms. The summed E-state index contributed by atoms with van der Waals surface area (Å²) in [6.45, 7) is 0.211. The lowest BCUT2D eigenvalue weighted by Gasteiger charge is -2.15. The van der Waals surface area contributed by atoms with Gasteiger partial charge in [0.1, 0.15) is 11.5 Å². The molecular weight excluding hydrogens is 258 g/mol. The number of nitrogen functional groups attached to an aromatic ring is 1. The molecule has 0 radical (unpaired) electrons. The maximum atomic E-state index is 12.3. The summed E-state index contributed by atoms with van der Waals surface area (Å²) >= 11 is 0. The van der Waals surface area contributed by atoms with E-state index in [1.165, 1.54) is 4.90 Å². The van der Waals surface area contributed by atoms with E-state index in [2.05, 4.69) is 4.98 Å². The number of nitrogens with two attached hydrogens (primary N) is 1. The van der Waals surface area contributed by atoms with Gasteiger partial charge in [0.05, 0.1) is 12.2 Å². The number of carbonyl (C=O) groups excluding carboxylic acids is 1. The monoisotopic (exact) mass is 273 g/mol. The van der Waals surface area contributed by atoms with Gasteiger partial charge in [0, 0.05) is 18.5 Å². The molecular formula is C14H15N3O3. The van der Waals surface area contributed by atoms with Gasteiger partial charge in [0.15, 0.2) is 0 Å². The Balaban J connectivity index is 1.96. The molecule has 2 heterocycles. The number of hydrogen-bond acceptors (Lipinski definition) is 5. The van der Waals surface area contributed by atoms with Crippen LogP contribution in [-0.2, 0) is 0 Å². The average Bonchev–Trinajstić information content (AvgIpc) is 2.78. The summed E-state index contributed by atoms with van der Waals surface area (Å²) in [7, 11) is 0. The summed E-state index contributed by atoms with van der Waals surface area (Å²) in [4.78, 5) is 17.8. The lowest BCUT2D eigenvalue weighted by molar-refractivity contribution is 0.0572. The van der Waals surface area contributed by atoms with Crippen LogP contribution in [-0.4, -0.2) is 51.3 Å². The highest BCUT2D eigenvalue weighted by Gasteiger charge is 2.33. The molecule has 3 rings (SSSR count). The van der Waals surface area contributed by atoms with Gasteiger partial charge in [0.25, 0.3) is 5.91 Å². The fraction of sp³-hybridized carbons (Fsp3) is 0.286. The van der Waals surface area contributed by atoms with Crippen LogP contribution in [0.1, 0.15) is 10.5 Å². The normalized spacial score (nSPS) is 22.4. The van der Waals surface area contributed by atoms with Crippen LogP contribution in [0, 0.1) is 0 Å². The molecule has 1 fully saturated rings. The third-order valence-corrected chi connectivity index (χ3v) is 3.54. The van der Waals surface area contributed by atoms with Gasteiger partial charge in [-0.25, -0.2) is 4.98 Å². The summed E-state index contributed by atoms with van der Waals surface area (Å²) < 4.78 is 0. The molecule has 0 spiro atoms. The first-order valence-corrected chi connectivity index (χ1v) is 6.37. The first-order valence-electron chi connectivity index (χ1n) is 6.37. The zero-order valence-corrected chi connectivity index (χ0v) is 10.7. The van der Waals surface area contributed by atoms with Crippen molar-refractivity contribution in [2.75, 3.05) is 18.8 Å². The average molecular weight is 273 g/mol. The molecule has 104 valence electrons. The van der Waals surface area contributed by atoms with Gasteiger partial charge >= 0.3 is 0 Å². The van der Waals surface area contributed by atoms with Crippen LogP contribution in [0.4, 0.5) is 5.82 Å². The number of amides is 1. The quantitative estimate of drug-likeness (QED) is 0.679. The molecule has 1 aliphatic rings. The van der Waals surface area contributed by atoms with Crippen LogP contribution in [0.5, 0.6) is 0 Å².